The zero-order valence-corrected chi connectivity index (χ0v) is 33.8. The first kappa shape index (κ1) is 44.1. The van der Waals surface area contributed by atoms with Crippen molar-refractivity contribution < 1.29 is 25.8 Å². The van der Waals surface area contributed by atoms with Crippen molar-refractivity contribution in [3.63, 3.8) is 0 Å². The van der Waals surface area contributed by atoms with Crippen LogP contribution < -0.4 is 0 Å². The first-order valence-corrected chi connectivity index (χ1v) is 21.9. The summed E-state index contributed by atoms with van der Waals surface area (Å²) in [5, 5.41) is 6.13. The van der Waals surface area contributed by atoms with Crippen molar-refractivity contribution in [2.24, 2.45) is 0 Å². The van der Waals surface area contributed by atoms with Crippen LogP contribution in [0.5, 0.6) is 0 Å². The molecule has 0 spiro atoms. The molecule has 0 aliphatic heterocycles. The van der Waals surface area contributed by atoms with E-state index in [1.54, 1.807) is 89.0 Å². The minimum Gasteiger partial charge on any atom is -0.255 e. The Kier molecular flexibility index (Phi) is 19.0. The molecule has 0 radical (unpaired) electrons. The Morgan fingerprint density at radius 3 is 1.18 bits per heavy atom. The molecule has 0 saturated carbocycles. The number of benzene rings is 6. The summed E-state index contributed by atoms with van der Waals surface area (Å²) >= 11 is 11.8. The van der Waals surface area contributed by atoms with E-state index < -0.39 is 32.4 Å². The maximum absolute atomic E-state index is 12.7. The first-order chi connectivity index (χ1) is 27.0. The summed E-state index contributed by atoms with van der Waals surface area (Å²) in [6.07, 6.45) is 5.19. The van der Waals surface area contributed by atoms with Gasteiger partial charge in [-0.25, -0.2) is 13.2 Å². The Morgan fingerprint density at radius 2 is 0.768 bits per heavy atom. The third-order valence-electron chi connectivity index (χ3n) is 7.48. The summed E-state index contributed by atoms with van der Waals surface area (Å²) in [6, 6.07) is 42.4. The van der Waals surface area contributed by atoms with Crippen LogP contribution >= 0.6 is 23.2 Å². The molecule has 0 saturated heterocycles. The van der Waals surface area contributed by atoms with Gasteiger partial charge in [-0.1, -0.05) is 120 Å². The molecular formula is C45H37Cl2F3O3S3. The fourth-order valence-corrected chi connectivity index (χ4v) is 7.80. The van der Waals surface area contributed by atoms with Crippen LogP contribution in [-0.2, 0) is 49.7 Å². The number of halogens is 5. The van der Waals surface area contributed by atoms with Gasteiger partial charge < -0.3 is 0 Å². The average Bonchev–Trinajstić information content (AvgIpc) is 3.20. The predicted octanol–water partition coefficient (Wildman–Crippen LogP) is 12.5. The minimum absolute atomic E-state index is 0.266. The fourth-order valence-electron chi connectivity index (χ4n) is 4.58. The van der Waals surface area contributed by atoms with Crippen molar-refractivity contribution in [3.8, 4) is 0 Å². The second kappa shape index (κ2) is 24.1. The molecule has 56 heavy (non-hydrogen) atoms. The van der Waals surface area contributed by atoms with Gasteiger partial charge in [-0.3, -0.25) is 12.6 Å². The van der Waals surface area contributed by atoms with Crippen LogP contribution in [0.1, 0.15) is 33.4 Å². The molecule has 0 aliphatic rings. The topological polar surface area (TPSA) is 51.2 Å². The van der Waals surface area contributed by atoms with Gasteiger partial charge >= 0.3 is 0 Å². The second-order valence-corrected chi connectivity index (χ2v) is 16.7. The number of rotatable bonds is 12. The lowest BCUT2D eigenvalue weighted by Crippen LogP contribution is -1.92. The van der Waals surface area contributed by atoms with Gasteiger partial charge in [-0.05, 0) is 106 Å². The first-order valence-electron chi connectivity index (χ1n) is 17.0. The van der Waals surface area contributed by atoms with E-state index in [1.807, 2.05) is 60.7 Å². The summed E-state index contributed by atoms with van der Waals surface area (Å²) in [5.41, 5.74) is 5.34. The lowest BCUT2D eigenvalue weighted by molar-refractivity contribution is 0.627. The smallest absolute Gasteiger partial charge is 0.123 e. The van der Waals surface area contributed by atoms with Crippen LogP contribution in [0.15, 0.2) is 168 Å². The normalized spacial score (nSPS) is 12.7. The van der Waals surface area contributed by atoms with Gasteiger partial charge in [0.1, 0.15) is 17.5 Å². The molecule has 0 aromatic heterocycles. The van der Waals surface area contributed by atoms with Crippen LogP contribution in [0.3, 0.4) is 0 Å². The van der Waals surface area contributed by atoms with Crippen molar-refractivity contribution in [2.75, 3.05) is 0 Å². The molecular weight excluding hydrogens is 813 g/mol. The molecule has 11 heteroatoms. The number of hydrogen-bond acceptors (Lipinski definition) is 3. The van der Waals surface area contributed by atoms with Crippen molar-refractivity contribution in [1.82, 2.24) is 0 Å². The zero-order valence-electron chi connectivity index (χ0n) is 29.9. The molecule has 3 nitrogen and oxygen atoms in total. The Bertz CT molecular complexity index is 2260. The Balaban J connectivity index is 0.000000187. The molecule has 288 valence electrons. The SMILES string of the molecule is O=S(C=Cc1ccc(F)cc1)Cc1ccc(Cl)cc1.O=S(C=Cc1ccc(F)cc1)Cc1ccccc1.O=S(C=Cc1ccc(F)cc1)Cc1ccccc1Cl. The average molecular weight is 850 g/mol. The second-order valence-electron chi connectivity index (χ2n) is 11.8. The van der Waals surface area contributed by atoms with Crippen LogP contribution in [-0.4, -0.2) is 12.6 Å². The zero-order chi connectivity index (χ0) is 40.1. The van der Waals surface area contributed by atoms with E-state index in [4.69, 9.17) is 23.2 Å². The predicted molar refractivity (Wildman–Crippen MR) is 231 cm³/mol. The van der Waals surface area contributed by atoms with E-state index >= 15 is 0 Å². The minimum atomic E-state index is -1.15. The Hall–Kier alpha value is -4.64. The lowest BCUT2D eigenvalue weighted by Gasteiger charge is -2.01. The van der Waals surface area contributed by atoms with Crippen LogP contribution in [0.4, 0.5) is 13.2 Å². The van der Waals surface area contributed by atoms with Crippen LogP contribution in [0, 0.1) is 17.5 Å². The third kappa shape index (κ3) is 17.4. The molecule has 0 bridgehead atoms. The van der Waals surface area contributed by atoms with Crippen molar-refractivity contribution in [3.05, 3.63) is 229 Å². The standard InChI is InChI=1S/2C15H12ClFOS.C15H13FOS/c16-14-5-1-13(2-6-14)11-19(18)10-9-12-3-7-15(17)8-4-12;16-15-4-2-1-3-13(15)11-19(18)10-9-12-5-7-14(17)8-6-12;16-15-8-6-13(7-9-15)10-11-18(17)12-14-4-2-1-3-5-14/h2*1-10H,11H2;1-11H,12H2. The van der Waals surface area contributed by atoms with Crippen LogP contribution in [0.2, 0.25) is 10.0 Å². The van der Waals surface area contributed by atoms with Gasteiger partial charge in [0.2, 0.25) is 0 Å². The fraction of sp³-hybridized carbons (Fsp3) is 0.0667. The highest BCUT2D eigenvalue weighted by molar-refractivity contribution is 7.87. The van der Waals surface area contributed by atoms with E-state index in [0.717, 1.165) is 33.4 Å². The molecule has 6 aromatic rings. The summed E-state index contributed by atoms with van der Waals surface area (Å²) in [7, 11) is -3.30. The molecule has 0 N–H and O–H groups in total. The molecule has 6 rings (SSSR count). The van der Waals surface area contributed by atoms with Gasteiger partial charge in [0, 0.05) is 26.3 Å². The summed E-state index contributed by atoms with van der Waals surface area (Å²) < 4.78 is 73.7. The summed E-state index contributed by atoms with van der Waals surface area (Å²) in [5.74, 6) is 0.483. The summed E-state index contributed by atoms with van der Waals surface area (Å²) in [4.78, 5) is 0. The van der Waals surface area contributed by atoms with Crippen molar-refractivity contribution in [2.45, 2.75) is 17.3 Å². The van der Waals surface area contributed by atoms with E-state index in [0.29, 0.717) is 27.3 Å². The van der Waals surface area contributed by atoms with E-state index in [-0.39, 0.29) is 17.5 Å². The third-order valence-corrected chi connectivity index (χ3v) is 11.2. The molecule has 0 aliphatic carbocycles. The maximum atomic E-state index is 12.7. The highest BCUT2D eigenvalue weighted by Gasteiger charge is 2.03. The Labute approximate surface area is 343 Å². The van der Waals surface area contributed by atoms with E-state index in [1.165, 1.54) is 36.4 Å². The largest absolute Gasteiger partial charge is 0.255 e. The highest BCUT2D eigenvalue weighted by atomic mass is 35.5. The molecule has 3 atom stereocenters. The van der Waals surface area contributed by atoms with Crippen molar-refractivity contribution in [1.29, 1.82) is 0 Å². The Morgan fingerprint density at radius 1 is 0.411 bits per heavy atom. The lowest BCUT2D eigenvalue weighted by atomic mass is 10.2. The highest BCUT2D eigenvalue weighted by Crippen LogP contribution is 2.18. The van der Waals surface area contributed by atoms with Gasteiger partial charge in [-0.2, -0.15) is 0 Å². The number of hydrogen-bond donors (Lipinski definition) is 0. The van der Waals surface area contributed by atoms with Crippen molar-refractivity contribution >= 4 is 73.8 Å². The maximum Gasteiger partial charge on any atom is 0.123 e. The molecule has 6 aromatic carbocycles. The molecule has 0 amide bonds. The van der Waals surface area contributed by atoms with E-state index in [2.05, 4.69) is 0 Å². The molecule has 0 fully saturated rings. The monoisotopic (exact) mass is 848 g/mol. The summed E-state index contributed by atoms with van der Waals surface area (Å²) in [6.45, 7) is 0. The van der Waals surface area contributed by atoms with Gasteiger partial charge in [-0.15, -0.1) is 0 Å². The molecule has 3 unspecified atom stereocenters. The molecule has 0 heterocycles. The van der Waals surface area contributed by atoms with Gasteiger partial charge in [0.15, 0.2) is 0 Å². The van der Waals surface area contributed by atoms with Gasteiger partial charge in [0.25, 0.3) is 0 Å². The van der Waals surface area contributed by atoms with Gasteiger partial charge in [0.05, 0.1) is 49.7 Å². The quantitative estimate of drug-likeness (QED) is 0.123. The van der Waals surface area contributed by atoms with E-state index in [9.17, 15) is 25.8 Å². The van der Waals surface area contributed by atoms with Crippen LogP contribution in [0.25, 0.3) is 18.2 Å².